The van der Waals surface area contributed by atoms with E-state index in [-0.39, 0.29) is 23.0 Å². The number of oxazole rings is 1. The Balaban J connectivity index is 1.76. The van der Waals surface area contributed by atoms with Crippen LogP contribution >= 0.6 is 0 Å². The standard InChI is InChI=1S/C17H11N5O4/c23-13-6-2-4-11(8-13)20-15-14-17(19-9-18-15)26-16(21-14)10-3-1-5-12(7-10)22(24)25/h1-9,23H,(H,18,19,20). The minimum absolute atomic E-state index is 0.0612. The van der Waals surface area contributed by atoms with Crippen LogP contribution in [0.15, 0.2) is 59.3 Å². The predicted molar refractivity (Wildman–Crippen MR) is 93.1 cm³/mol. The Morgan fingerprint density at radius 3 is 2.77 bits per heavy atom. The number of hydrogen-bond donors (Lipinski definition) is 2. The first-order valence-electron chi connectivity index (χ1n) is 7.52. The number of rotatable bonds is 4. The smallest absolute Gasteiger partial charge is 0.270 e. The van der Waals surface area contributed by atoms with Gasteiger partial charge in [0.1, 0.15) is 12.1 Å². The zero-order chi connectivity index (χ0) is 18.1. The predicted octanol–water partition coefficient (Wildman–Crippen LogP) is 3.64. The summed E-state index contributed by atoms with van der Waals surface area (Å²) in [6, 6.07) is 12.5. The molecule has 0 radical (unpaired) electrons. The first-order chi connectivity index (χ1) is 12.6. The summed E-state index contributed by atoms with van der Waals surface area (Å²) in [6.07, 6.45) is 1.32. The number of non-ortho nitro benzene ring substituents is 1. The number of nitrogens with one attached hydrogen (secondary N) is 1. The SMILES string of the molecule is O=[N+]([O-])c1cccc(-c2nc3c(Nc4cccc(O)c4)ncnc3o2)c1. The second-order valence-corrected chi connectivity index (χ2v) is 5.38. The van der Waals surface area contributed by atoms with Crippen molar-refractivity contribution in [2.75, 3.05) is 5.32 Å². The molecule has 0 aliphatic carbocycles. The van der Waals surface area contributed by atoms with E-state index in [1.165, 1.54) is 24.5 Å². The van der Waals surface area contributed by atoms with Gasteiger partial charge in [0, 0.05) is 29.4 Å². The van der Waals surface area contributed by atoms with Crippen molar-refractivity contribution in [3.05, 3.63) is 65.0 Å². The average molecular weight is 349 g/mol. The van der Waals surface area contributed by atoms with E-state index in [0.29, 0.717) is 22.6 Å². The van der Waals surface area contributed by atoms with Crippen molar-refractivity contribution in [3.63, 3.8) is 0 Å². The van der Waals surface area contributed by atoms with Gasteiger partial charge in [0.25, 0.3) is 11.4 Å². The molecule has 0 saturated carbocycles. The molecule has 0 bridgehead atoms. The topological polar surface area (TPSA) is 127 Å². The Labute approximate surface area is 146 Å². The highest BCUT2D eigenvalue weighted by Gasteiger charge is 2.16. The number of nitro benzene ring substituents is 1. The van der Waals surface area contributed by atoms with E-state index < -0.39 is 4.92 Å². The van der Waals surface area contributed by atoms with Crippen LogP contribution in [-0.4, -0.2) is 25.0 Å². The van der Waals surface area contributed by atoms with Crippen molar-refractivity contribution in [3.8, 4) is 17.2 Å². The van der Waals surface area contributed by atoms with Crippen LogP contribution in [0.4, 0.5) is 17.2 Å². The molecule has 0 unspecified atom stereocenters. The first kappa shape index (κ1) is 15.5. The third kappa shape index (κ3) is 2.88. The van der Waals surface area contributed by atoms with Gasteiger partial charge in [-0.25, -0.2) is 9.97 Å². The van der Waals surface area contributed by atoms with Gasteiger partial charge in [0.15, 0.2) is 11.3 Å². The van der Waals surface area contributed by atoms with Gasteiger partial charge in [-0.05, 0) is 18.2 Å². The summed E-state index contributed by atoms with van der Waals surface area (Å²) in [5.74, 6) is 0.696. The summed E-state index contributed by atoms with van der Waals surface area (Å²) >= 11 is 0. The summed E-state index contributed by atoms with van der Waals surface area (Å²) < 4.78 is 5.62. The molecule has 0 spiro atoms. The molecule has 0 amide bonds. The van der Waals surface area contributed by atoms with E-state index >= 15 is 0 Å². The van der Waals surface area contributed by atoms with Crippen LogP contribution in [0.2, 0.25) is 0 Å². The Morgan fingerprint density at radius 1 is 1.12 bits per heavy atom. The molecule has 4 rings (SSSR count). The van der Waals surface area contributed by atoms with E-state index in [1.807, 2.05) is 0 Å². The highest BCUT2D eigenvalue weighted by Crippen LogP contribution is 2.29. The Morgan fingerprint density at radius 2 is 1.96 bits per heavy atom. The number of fused-ring (bicyclic) bond motifs is 1. The molecule has 2 N–H and O–H groups in total. The molecule has 128 valence electrons. The first-order valence-corrected chi connectivity index (χ1v) is 7.52. The van der Waals surface area contributed by atoms with E-state index in [0.717, 1.165) is 0 Å². The highest BCUT2D eigenvalue weighted by molar-refractivity contribution is 5.85. The second kappa shape index (κ2) is 6.13. The van der Waals surface area contributed by atoms with Crippen molar-refractivity contribution < 1.29 is 14.4 Å². The molecule has 2 aromatic carbocycles. The van der Waals surface area contributed by atoms with Gasteiger partial charge in [-0.15, -0.1) is 0 Å². The summed E-state index contributed by atoms with van der Waals surface area (Å²) in [4.78, 5) is 23.0. The van der Waals surface area contributed by atoms with Crippen molar-refractivity contribution in [1.82, 2.24) is 15.0 Å². The molecule has 4 aromatic rings. The fraction of sp³-hybridized carbons (Fsp3) is 0. The zero-order valence-electron chi connectivity index (χ0n) is 13.2. The highest BCUT2D eigenvalue weighted by atomic mass is 16.6. The van der Waals surface area contributed by atoms with Crippen LogP contribution in [0, 0.1) is 10.1 Å². The number of hydrogen-bond acceptors (Lipinski definition) is 8. The number of benzene rings is 2. The van der Waals surface area contributed by atoms with Crippen LogP contribution in [0.5, 0.6) is 5.75 Å². The zero-order valence-corrected chi connectivity index (χ0v) is 13.2. The van der Waals surface area contributed by atoms with E-state index in [1.54, 1.807) is 30.3 Å². The lowest BCUT2D eigenvalue weighted by atomic mass is 10.2. The molecule has 9 heteroatoms. The summed E-state index contributed by atoms with van der Waals surface area (Å²) in [5.41, 5.74) is 1.63. The molecule has 9 nitrogen and oxygen atoms in total. The van der Waals surface area contributed by atoms with Crippen LogP contribution in [0.1, 0.15) is 0 Å². The maximum Gasteiger partial charge on any atom is 0.270 e. The number of aromatic hydroxyl groups is 1. The number of phenols is 1. The van der Waals surface area contributed by atoms with Crippen molar-refractivity contribution in [2.24, 2.45) is 0 Å². The summed E-state index contributed by atoms with van der Waals surface area (Å²) in [6.45, 7) is 0. The van der Waals surface area contributed by atoms with Crippen LogP contribution in [-0.2, 0) is 0 Å². The van der Waals surface area contributed by atoms with Crippen molar-refractivity contribution in [2.45, 2.75) is 0 Å². The second-order valence-electron chi connectivity index (χ2n) is 5.38. The average Bonchev–Trinajstić information content (AvgIpc) is 3.07. The van der Waals surface area contributed by atoms with Gasteiger partial charge in [-0.3, -0.25) is 10.1 Å². The fourth-order valence-corrected chi connectivity index (χ4v) is 2.44. The molecule has 2 aromatic heterocycles. The molecule has 0 fully saturated rings. The Kier molecular flexibility index (Phi) is 3.66. The molecule has 0 aliphatic rings. The van der Waals surface area contributed by atoms with E-state index in [9.17, 15) is 15.2 Å². The van der Waals surface area contributed by atoms with Gasteiger partial charge < -0.3 is 14.8 Å². The number of nitrogens with zero attached hydrogens (tertiary/aromatic N) is 4. The van der Waals surface area contributed by atoms with Crippen LogP contribution in [0.3, 0.4) is 0 Å². The van der Waals surface area contributed by atoms with Crippen molar-refractivity contribution >= 4 is 28.4 Å². The van der Waals surface area contributed by atoms with E-state index in [2.05, 4.69) is 20.3 Å². The van der Waals surface area contributed by atoms with Crippen LogP contribution in [0.25, 0.3) is 22.7 Å². The number of nitro groups is 1. The molecular weight excluding hydrogens is 338 g/mol. The minimum Gasteiger partial charge on any atom is -0.508 e. The van der Waals surface area contributed by atoms with Gasteiger partial charge in [-0.1, -0.05) is 12.1 Å². The molecule has 0 aliphatic heterocycles. The van der Waals surface area contributed by atoms with Gasteiger partial charge >= 0.3 is 0 Å². The van der Waals surface area contributed by atoms with Crippen LogP contribution < -0.4 is 5.32 Å². The van der Waals surface area contributed by atoms with Gasteiger partial charge in [0.05, 0.1) is 4.92 Å². The maximum absolute atomic E-state index is 10.9. The maximum atomic E-state index is 10.9. The normalized spacial score (nSPS) is 10.8. The van der Waals surface area contributed by atoms with Gasteiger partial charge in [-0.2, -0.15) is 4.98 Å². The third-order valence-corrected chi connectivity index (χ3v) is 3.61. The Hall–Kier alpha value is -4.01. The molecule has 26 heavy (non-hydrogen) atoms. The summed E-state index contributed by atoms with van der Waals surface area (Å²) in [5, 5.41) is 23.5. The van der Waals surface area contributed by atoms with E-state index in [4.69, 9.17) is 4.42 Å². The molecule has 0 atom stereocenters. The fourth-order valence-electron chi connectivity index (χ4n) is 2.44. The minimum atomic E-state index is -0.485. The number of phenolic OH excluding ortho intramolecular Hbond substituents is 1. The third-order valence-electron chi connectivity index (χ3n) is 3.61. The summed E-state index contributed by atoms with van der Waals surface area (Å²) in [7, 11) is 0. The lowest BCUT2D eigenvalue weighted by molar-refractivity contribution is -0.384. The Bertz CT molecular complexity index is 1130. The molecular formula is C17H11N5O4. The number of aromatic nitrogens is 3. The van der Waals surface area contributed by atoms with Gasteiger partial charge in [0.2, 0.25) is 5.89 Å². The van der Waals surface area contributed by atoms with Crippen molar-refractivity contribution in [1.29, 1.82) is 0 Å². The monoisotopic (exact) mass is 349 g/mol. The number of anilines is 2. The lowest BCUT2D eigenvalue weighted by Gasteiger charge is -2.05. The largest absolute Gasteiger partial charge is 0.508 e. The lowest BCUT2D eigenvalue weighted by Crippen LogP contribution is -1.95. The molecule has 2 heterocycles. The molecule has 0 saturated heterocycles. The quantitative estimate of drug-likeness (QED) is 0.422.